The van der Waals surface area contributed by atoms with Crippen LogP contribution in [0.4, 0.5) is 5.69 Å². The summed E-state index contributed by atoms with van der Waals surface area (Å²) in [5, 5.41) is 7.33. The number of hydrogen-bond donors (Lipinski definition) is 1. The summed E-state index contributed by atoms with van der Waals surface area (Å²) in [6.45, 7) is 1.85. The van der Waals surface area contributed by atoms with E-state index in [0.29, 0.717) is 19.6 Å². The molecule has 0 atom stereocenters. The van der Waals surface area contributed by atoms with Gasteiger partial charge >= 0.3 is 0 Å². The van der Waals surface area contributed by atoms with Crippen LogP contribution in [-0.4, -0.2) is 30.4 Å². The molecule has 6 heteroatoms. The molecular formula is C13H18N4O2. The van der Waals surface area contributed by atoms with Gasteiger partial charge in [0.1, 0.15) is 5.76 Å². The van der Waals surface area contributed by atoms with Gasteiger partial charge in [-0.2, -0.15) is 5.10 Å². The van der Waals surface area contributed by atoms with Crippen molar-refractivity contribution in [3.63, 3.8) is 0 Å². The molecule has 19 heavy (non-hydrogen) atoms. The van der Waals surface area contributed by atoms with E-state index in [2.05, 4.69) is 10.4 Å². The fraction of sp³-hybridized carbons (Fsp3) is 0.385. The Bertz CT molecular complexity index is 560. The summed E-state index contributed by atoms with van der Waals surface area (Å²) >= 11 is 0. The highest BCUT2D eigenvalue weighted by atomic mass is 16.3. The summed E-state index contributed by atoms with van der Waals surface area (Å²) in [6, 6.07) is 5.34. The molecule has 0 bridgehead atoms. The Morgan fingerprint density at radius 2 is 2.32 bits per heavy atom. The van der Waals surface area contributed by atoms with Gasteiger partial charge in [-0.25, -0.2) is 4.68 Å². The van der Waals surface area contributed by atoms with Gasteiger partial charge in [0.25, 0.3) is 5.56 Å². The van der Waals surface area contributed by atoms with E-state index in [4.69, 9.17) is 4.42 Å². The van der Waals surface area contributed by atoms with E-state index in [0.717, 1.165) is 11.4 Å². The van der Waals surface area contributed by atoms with Gasteiger partial charge in [-0.05, 0) is 12.1 Å². The lowest BCUT2D eigenvalue weighted by Crippen LogP contribution is -2.29. The zero-order valence-corrected chi connectivity index (χ0v) is 11.2. The van der Waals surface area contributed by atoms with Crippen LogP contribution in [0.15, 0.2) is 39.9 Å². The molecule has 0 fully saturated rings. The quantitative estimate of drug-likeness (QED) is 0.776. The van der Waals surface area contributed by atoms with Gasteiger partial charge < -0.3 is 14.6 Å². The summed E-state index contributed by atoms with van der Waals surface area (Å²) < 4.78 is 6.65. The van der Waals surface area contributed by atoms with Crippen LogP contribution in [0.5, 0.6) is 0 Å². The minimum Gasteiger partial charge on any atom is -0.468 e. The normalized spacial score (nSPS) is 10.6. The van der Waals surface area contributed by atoms with Crippen LogP contribution in [0.25, 0.3) is 0 Å². The van der Waals surface area contributed by atoms with E-state index in [9.17, 15) is 4.79 Å². The number of hydrogen-bond acceptors (Lipinski definition) is 5. The molecule has 0 aromatic carbocycles. The van der Waals surface area contributed by atoms with Crippen LogP contribution in [0.1, 0.15) is 5.76 Å². The van der Waals surface area contributed by atoms with Crippen LogP contribution in [0.2, 0.25) is 0 Å². The number of anilines is 1. The molecule has 0 aliphatic heterocycles. The molecule has 0 amide bonds. The molecule has 2 rings (SSSR count). The fourth-order valence-electron chi connectivity index (χ4n) is 1.65. The molecule has 0 saturated carbocycles. The van der Waals surface area contributed by atoms with E-state index in [1.54, 1.807) is 18.5 Å². The minimum absolute atomic E-state index is 0.0917. The molecule has 2 aromatic heterocycles. The van der Waals surface area contributed by atoms with Gasteiger partial charge in [0.15, 0.2) is 0 Å². The Balaban J connectivity index is 1.84. The first kappa shape index (κ1) is 13.4. The van der Waals surface area contributed by atoms with Crippen molar-refractivity contribution < 1.29 is 4.42 Å². The maximum atomic E-state index is 11.8. The summed E-state index contributed by atoms with van der Waals surface area (Å²) in [6.07, 6.45) is 3.33. The first-order chi connectivity index (χ1) is 9.16. The molecule has 1 N–H and O–H groups in total. The topological polar surface area (TPSA) is 63.3 Å². The van der Waals surface area contributed by atoms with Gasteiger partial charge in [-0.15, -0.1) is 0 Å². The second-order valence-electron chi connectivity index (χ2n) is 4.43. The summed E-state index contributed by atoms with van der Waals surface area (Å²) in [7, 11) is 3.76. The third-order valence-corrected chi connectivity index (χ3v) is 2.75. The molecule has 6 nitrogen and oxygen atoms in total. The second kappa shape index (κ2) is 6.19. The molecule has 0 radical (unpaired) electrons. The Morgan fingerprint density at radius 3 is 2.95 bits per heavy atom. The van der Waals surface area contributed by atoms with Crippen LogP contribution in [-0.2, 0) is 13.1 Å². The average Bonchev–Trinajstić information content (AvgIpc) is 2.89. The molecule has 2 aromatic rings. The molecule has 0 unspecified atom stereocenters. The highest BCUT2D eigenvalue weighted by Gasteiger charge is 2.01. The van der Waals surface area contributed by atoms with Gasteiger partial charge in [0.2, 0.25) is 0 Å². The Morgan fingerprint density at radius 1 is 1.47 bits per heavy atom. The molecule has 2 heterocycles. The monoisotopic (exact) mass is 262 g/mol. The minimum atomic E-state index is -0.0917. The van der Waals surface area contributed by atoms with Crippen molar-refractivity contribution in [2.24, 2.45) is 0 Å². The van der Waals surface area contributed by atoms with Crippen LogP contribution in [0, 0.1) is 0 Å². The number of nitrogens with zero attached hydrogens (tertiary/aromatic N) is 3. The van der Waals surface area contributed by atoms with Crippen molar-refractivity contribution in [3.05, 3.63) is 46.8 Å². The van der Waals surface area contributed by atoms with E-state index >= 15 is 0 Å². The molecule has 0 spiro atoms. The van der Waals surface area contributed by atoms with Crippen molar-refractivity contribution in [1.82, 2.24) is 15.1 Å². The summed E-state index contributed by atoms with van der Waals surface area (Å²) in [5.74, 6) is 0.878. The van der Waals surface area contributed by atoms with Crippen LogP contribution < -0.4 is 15.8 Å². The van der Waals surface area contributed by atoms with E-state index in [1.165, 1.54) is 4.68 Å². The SMILES string of the molecule is CN(C)c1cnn(CCNCc2ccco2)c(=O)c1. The van der Waals surface area contributed by atoms with Crippen molar-refractivity contribution in [2.45, 2.75) is 13.1 Å². The van der Waals surface area contributed by atoms with Gasteiger partial charge in [0.05, 0.1) is 31.2 Å². The smallest absolute Gasteiger partial charge is 0.268 e. The highest BCUT2D eigenvalue weighted by Crippen LogP contribution is 2.03. The van der Waals surface area contributed by atoms with Crippen molar-refractivity contribution in [3.8, 4) is 0 Å². The third kappa shape index (κ3) is 3.69. The first-order valence-corrected chi connectivity index (χ1v) is 6.14. The van der Waals surface area contributed by atoms with Gasteiger partial charge in [-0.3, -0.25) is 4.79 Å². The Kier molecular flexibility index (Phi) is 4.35. The average molecular weight is 262 g/mol. The second-order valence-corrected chi connectivity index (χ2v) is 4.43. The van der Waals surface area contributed by atoms with Crippen molar-refractivity contribution >= 4 is 5.69 Å². The molecule has 0 saturated heterocycles. The predicted molar refractivity (Wildman–Crippen MR) is 73.2 cm³/mol. The third-order valence-electron chi connectivity index (χ3n) is 2.75. The Labute approximate surface area is 111 Å². The van der Waals surface area contributed by atoms with Crippen molar-refractivity contribution in [1.29, 1.82) is 0 Å². The highest BCUT2D eigenvalue weighted by molar-refractivity contribution is 5.40. The summed E-state index contributed by atoms with van der Waals surface area (Å²) in [5.41, 5.74) is 0.718. The first-order valence-electron chi connectivity index (χ1n) is 6.14. The maximum Gasteiger partial charge on any atom is 0.268 e. The lowest BCUT2D eigenvalue weighted by Gasteiger charge is -2.12. The number of aromatic nitrogens is 2. The number of rotatable bonds is 6. The van der Waals surface area contributed by atoms with E-state index in [-0.39, 0.29) is 5.56 Å². The number of nitrogens with one attached hydrogen (secondary N) is 1. The Hall–Kier alpha value is -2.08. The zero-order chi connectivity index (χ0) is 13.7. The summed E-state index contributed by atoms with van der Waals surface area (Å²) in [4.78, 5) is 13.6. The largest absolute Gasteiger partial charge is 0.468 e. The lowest BCUT2D eigenvalue weighted by molar-refractivity contribution is 0.465. The van der Waals surface area contributed by atoms with E-state index < -0.39 is 0 Å². The van der Waals surface area contributed by atoms with Crippen LogP contribution >= 0.6 is 0 Å². The number of furan rings is 1. The lowest BCUT2D eigenvalue weighted by atomic mass is 10.4. The fourth-order valence-corrected chi connectivity index (χ4v) is 1.65. The molecular weight excluding hydrogens is 244 g/mol. The standard InChI is InChI=1S/C13H18N4O2/c1-16(2)11-8-13(18)17(15-9-11)6-5-14-10-12-4-3-7-19-12/h3-4,7-9,14H,5-6,10H2,1-2H3. The predicted octanol–water partition coefficient (Wildman–Crippen LogP) is 0.692. The van der Waals surface area contributed by atoms with E-state index in [1.807, 2.05) is 31.1 Å². The van der Waals surface area contributed by atoms with Gasteiger partial charge in [0, 0.05) is 26.7 Å². The maximum absolute atomic E-state index is 11.8. The molecule has 102 valence electrons. The van der Waals surface area contributed by atoms with Gasteiger partial charge in [-0.1, -0.05) is 0 Å². The van der Waals surface area contributed by atoms with Crippen molar-refractivity contribution in [2.75, 3.05) is 25.5 Å². The zero-order valence-electron chi connectivity index (χ0n) is 11.2. The van der Waals surface area contributed by atoms with Crippen LogP contribution in [0.3, 0.4) is 0 Å². The molecule has 0 aliphatic carbocycles. The molecule has 0 aliphatic rings.